The normalized spacial score (nSPS) is 8.54. The first-order valence-corrected chi connectivity index (χ1v) is 6.73. The van der Waals surface area contributed by atoms with Crippen LogP contribution in [0.25, 0.3) is 6.08 Å². The van der Waals surface area contributed by atoms with Crippen LogP contribution in [-0.2, 0) is 0 Å². The summed E-state index contributed by atoms with van der Waals surface area (Å²) in [6.45, 7) is 9.55. The second-order valence-corrected chi connectivity index (χ2v) is 3.91. The first-order chi connectivity index (χ1) is 6.27. The molecule has 1 aromatic heterocycles. The first-order valence-electron chi connectivity index (χ1n) is 4.12. The SMILES string of the molecule is C=Cc1nc(C)ncc1I=C.CC. The highest BCUT2D eigenvalue weighted by Crippen LogP contribution is 2.13. The highest BCUT2D eigenvalue weighted by molar-refractivity contribution is 14.2. The van der Waals surface area contributed by atoms with Crippen LogP contribution >= 0.6 is 20.7 Å². The van der Waals surface area contributed by atoms with E-state index in [9.17, 15) is 0 Å². The summed E-state index contributed by atoms with van der Waals surface area (Å²) in [5.41, 5.74) is 0.945. The van der Waals surface area contributed by atoms with E-state index in [4.69, 9.17) is 0 Å². The molecule has 0 aromatic carbocycles. The van der Waals surface area contributed by atoms with Crippen LogP contribution in [0.1, 0.15) is 25.4 Å². The van der Waals surface area contributed by atoms with Crippen LogP contribution in [0.2, 0.25) is 0 Å². The summed E-state index contributed by atoms with van der Waals surface area (Å²) in [6, 6.07) is 0. The Morgan fingerprint density at radius 3 is 2.54 bits per heavy atom. The molecule has 2 nitrogen and oxygen atoms in total. The second kappa shape index (κ2) is 6.88. The van der Waals surface area contributed by atoms with Crippen molar-refractivity contribution in [1.29, 1.82) is 0 Å². The summed E-state index contributed by atoms with van der Waals surface area (Å²) in [4.78, 5) is 8.31. The Labute approximate surface area is 89.9 Å². The molecule has 1 rings (SSSR count). The van der Waals surface area contributed by atoms with Crippen molar-refractivity contribution in [3.63, 3.8) is 0 Å². The predicted molar refractivity (Wildman–Crippen MR) is 68.0 cm³/mol. The lowest BCUT2D eigenvalue weighted by atomic mass is 10.4. The summed E-state index contributed by atoms with van der Waals surface area (Å²) in [7, 11) is 0. The molecule has 72 valence electrons. The molecule has 0 saturated carbocycles. The molecule has 1 aromatic rings. The molecule has 0 radical (unpaired) electrons. The van der Waals surface area contributed by atoms with E-state index < -0.39 is 0 Å². The maximum Gasteiger partial charge on any atom is 0.125 e. The Kier molecular flexibility index (Phi) is 6.58. The maximum atomic E-state index is 4.22. The van der Waals surface area contributed by atoms with E-state index in [1.54, 1.807) is 6.08 Å². The largest absolute Gasteiger partial charge is 0.241 e. The van der Waals surface area contributed by atoms with Crippen molar-refractivity contribution in [1.82, 2.24) is 9.97 Å². The fourth-order valence-corrected chi connectivity index (χ4v) is 1.79. The predicted octanol–water partition coefficient (Wildman–Crippen LogP) is 3.03. The van der Waals surface area contributed by atoms with Gasteiger partial charge in [0.05, 0.1) is 9.26 Å². The summed E-state index contributed by atoms with van der Waals surface area (Å²) >= 11 is -0.178. The summed E-state index contributed by atoms with van der Waals surface area (Å²) in [6.07, 6.45) is 3.61. The summed E-state index contributed by atoms with van der Waals surface area (Å²) < 4.78 is 5.03. The molecule has 0 saturated heterocycles. The lowest BCUT2D eigenvalue weighted by Crippen LogP contribution is -1.92. The van der Waals surface area contributed by atoms with E-state index in [0.717, 1.165) is 15.1 Å². The van der Waals surface area contributed by atoms with E-state index in [0.29, 0.717) is 0 Å². The van der Waals surface area contributed by atoms with Crippen molar-refractivity contribution in [3.05, 3.63) is 27.9 Å². The van der Waals surface area contributed by atoms with Crippen LogP contribution in [0.15, 0.2) is 12.8 Å². The molecule has 0 fully saturated rings. The Morgan fingerprint density at radius 1 is 1.46 bits per heavy atom. The van der Waals surface area contributed by atoms with E-state index in [-0.39, 0.29) is 20.7 Å². The first kappa shape index (κ1) is 12.4. The molecule has 13 heavy (non-hydrogen) atoms. The number of nitrogens with zero attached hydrogens (tertiary/aromatic N) is 2. The molecule has 1 heterocycles. The molecule has 0 spiro atoms. The van der Waals surface area contributed by atoms with Crippen molar-refractivity contribution >= 4 is 31.3 Å². The van der Waals surface area contributed by atoms with Crippen LogP contribution in [0.4, 0.5) is 0 Å². The van der Waals surface area contributed by atoms with Gasteiger partial charge in [0.15, 0.2) is 0 Å². The zero-order chi connectivity index (χ0) is 10.3. The van der Waals surface area contributed by atoms with Gasteiger partial charge in [0.2, 0.25) is 0 Å². The molecule has 0 aliphatic rings. The summed E-state index contributed by atoms with van der Waals surface area (Å²) in [5.74, 6) is 0.793. The number of aromatic nitrogens is 2. The van der Waals surface area contributed by atoms with Crippen LogP contribution in [-0.4, -0.2) is 14.5 Å². The average molecular weight is 290 g/mol. The van der Waals surface area contributed by atoms with Gasteiger partial charge in [-0.2, -0.15) is 0 Å². The van der Waals surface area contributed by atoms with Crippen molar-refractivity contribution < 1.29 is 0 Å². The molecule has 0 N–H and O–H groups in total. The van der Waals surface area contributed by atoms with Crippen molar-refractivity contribution in [2.75, 3.05) is 0 Å². The van der Waals surface area contributed by atoms with Gasteiger partial charge in [-0.25, -0.2) is 9.97 Å². The van der Waals surface area contributed by atoms with Gasteiger partial charge in [-0.05, 0) is 13.0 Å². The third-order valence-corrected chi connectivity index (χ3v) is 2.88. The number of aryl methyl sites for hydroxylation is 1. The second-order valence-electron chi connectivity index (χ2n) is 1.99. The minimum absolute atomic E-state index is 0.178. The molecule has 0 unspecified atom stereocenters. The van der Waals surface area contributed by atoms with Gasteiger partial charge in [-0.3, -0.25) is 0 Å². The van der Waals surface area contributed by atoms with Gasteiger partial charge in [-0.15, -0.1) is 0 Å². The van der Waals surface area contributed by atoms with Crippen molar-refractivity contribution in [2.45, 2.75) is 20.8 Å². The molecule has 0 atom stereocenters. The molecular formula is C10H15IN2. The standard InChI is InChI=1S/C8H9IN2.C2H6/c1-4-8-7(9-3)5-10-6(2)11-8;1-2/h4-5H,1,3H2,2H3;1-2H3. The third kappa shape index (κ3) is 3.76. The van der Waals surface area contributed by atoms with Gasteiger partial charge in [0, 0.05) is 6.20 Å². The lowest BCUT2D eigenvalue weighted by molar-refractivity contribution is 1.03. The Hall–Kier alpha value is -0.580. The molecule has 0 aliphatic carbocycles. The minimum atomic E-state index is -0.178. The Morgan fingerprint density at radius 2 is 2.08 bits per heavy atom. The molecular weight excluding hydrogens is 275 g/mol. The molecule has 0 amide bonds. The average Bonchev–Trinajstić information content (AvgIpc) is 2.20. The quantitative estimate of drug-likeness (QED) is 0.782. The Bertz CT molecular complexity index is 295. The van der Waals surface area contributed by atoms with Gasteiger partial charge in [0.1, 0.15) is 5.82 Å². The van der Waals surface area contributed by atoms with E-state index in [1.807, 2.05) is 27.0 Å². The van der Waals surface area contributed by atoms with Crippen molar-refractivity contribution in [2.24, 2.45) is 0 Å². The fourth-order valence-electron chi connectivity index (χ4n) is 0.719. The molecule has 0 aliphatic heterocycles. The zero-order valence-corrected chi connectivity index (χ0v) is 10.5. The van der Waals surface area contributed by atoms with Crippen LogP contribution in [0.3, 0.4) is 0 Å². The van der Waals surface area contributed by atoms with Gasteiger partial charge in [0.25, 0.3) is 0 Å². The number of hydrogen-bond donors (Lipinski definition) is 0. The van der Waals surface area contributed by atoms with E-state index in [2.05, 4.69) is 21.1 Å². The highest BCUT2D eigenvalue weighted by Gasteiger charge is 1.97. The topological polar surface area (TPSA) is 25.8 Å². The maximum absolute atomic E-state index is 4.22. The molecule has 3 heteroatoms. The smallest absolute Gasteiger partial charge is 0.125 e. The van der Waals surface area contributed by atoms with Crippen molar-refractivity contribution in [3.8, 4) is 0 Å². The zero-order valence-electron chi connectivity index (χ0n) is 8.34. The molecule has 0 bridgehead atoms. The monoisotopic (exact) mass is 290 g/mol. The summed E-state index contributed by atoms with van der Waals surface area (Å²) in [5, 5.41) is 0. The van der Waals surface area contributed by atoms with Crippen LogP contribution in [0.5, 0.6) is 0 Å². The van der Waals surface area contributed by atoms with E-state index >= 15 is 0 Å². The van der Waals surface area contributed by atoms with Gasteiger partial charge >= 0.3 is 0 Å². The van der Waals surface area contributed by atoms with Crippen LogP contribution in [0, 0.1) is 10.5 Å². The van der Waals surface area contributed by atoms with Gasteiger partial charge in [-0.1, -0.05) is 45.7 Å². The number of hydrogen-bond acceptors (Lipinski definition) is 2. The number of rotatable bonds is 2. The lowest BCUT2D eigenvalue weighted by Gasteiger charge is -1.98. The fraction of sp³-hybridized carbons (Fsp3) is 0.300. The van der Waals surface area contributed by atoms with Crippen LogP contribution < -0.4 is 0 Å². The third-order valence-electron chi connectivity index (χ3n) is 1.23. The highest BCUT2D eigenvalue weighted by atomic mass is 127. The van der Waals surface area contributed by atoms with Gasteiger partial charge < -0.3 is 0 Å². The number of halogens is 1. The minimum Gasteiger partial charge on any atom is -0.241 e. The Balaban J connectivity index is 0.000000671. The van der Waals surface area contributed by atoms with E-state index in [1.165, 1.54) is 0 Å².